The predicted molar refractivity (Wildman–Crippen MR) is 107 cm³/mol. The number of aryl methyl sites for hydroxylation is 3. The van der Waals surface area contributed by atoms with Gasteiger partial charge in [-0.1, -0.05) is 30.3 Å². The van der Waals surface area contributed by atoms with Gasteiger partial charge in [-0.25, -0.2) is 9.59 Å². The molecule has 0 aliphatic heterocycles. The number of hydrogen-bond donors (Lipinski definition) is 3. The highest BCUT2D eigenvalue weighted by Crippen LogP contribution is 2.34. The van der Waals surface area contributed by atoms with E-state index in [1.54, 1.807) is 25.1 Å². The number of carboxylic acids is 2. The maximum Gasteiger partial charge on any atom is 0.339 e. The van der Waals surface area contributed by atoms with E-state index in [1.165, 1.54) is 12.1 Å². The molecule has 0 saturated heterocycles. The molecule has 0 radical (unpaired) electrons. The topological polar surface area (TPSA) is 94.8 Å². The second-order valence-electron chi connectivity index (χ2n) is 6.85. The minimum absolute atomic E-state index is 0.135. The van der Waals surface area contributed by atoms with E-state index in [2.05, 4.69) is 0 Å². The molecule has 0 atom stereocenters. The molecule has 3 aromatic rings. The molecule has 5 heteroatoms. The second kappa shape index (κ2) is 7.19. The first-order valence-electron chi connectivity index (χ1n) is 8.71. The highest BCUT2D eigenvalue weighted by atomic mass is 16.4. The van der Waals surface area contributed by atoms with Crippen molar-refractivity contribution in [3.8, 4) is 28.0 Å². The van der Waals surface area contributed by atoms with E-state index in [0.29, 0.717) is 5.56 Å². The van der Waals surface area contributed by atoms with Crippen LogP contribution in [0.15, 0.2) is 48.5 Å². The van der Waals surface area contributed by atoms with Crippen LogP contribution in [0.2, 0.25) is 0 Å². The smallest absolute Gasteiger partial charge is 0.339 e. The molecule has 0 bridgehead atoms. The van der Waals surface area contributed by atoms with Crippen LogP contribution in [-0.4, -0.2) is 27.3 Å². The number of aromatic hydroxyl groups is 1. The monoisotopic (exact) mass is 376 g/mol. The Bertz CT molecular complexity index is 1020. The average molecular weight is 376 g/mol. The van der Waals surface area contributed by atoms with Crippen molar-refractivity contribution in [2.75, 3.05) is 0 Å². The zero-order valence-corrected chi connectivity index (χ0v) is 15.8. The molecule has 0 spiro atoms. The number of carbonyl (C=O) groups is 2. The molecule has 142 valence electrons. The molecule has 0 saturated carbocycles. The fraction of sp³-hybridized carbons (Fsp3) is 0.130. The Balaban J connectivity index is 2.07. The largest absolute Gasteiger partial charge is 0.507 e. The van der Waals surface area contributed by atoms with Crippen molar-refractivity contribution in [2.24, 2.45) is 0 Å². The molecule has 3 rings (SSSR count). The van der Waals surface area contributed by atoms with Crippen LogP contribution in [0.3, 0.4) is 0 Å². The van der Waals surface area contributed by atoms with Gasteiger partial charge in [-0.05, 0) is 77.9 Å². The summed E-state index contributed by atoms with van der Waals surface area (Å²) in [4.78, 5) is 22.3. The molecule has 3 N–H and O–H groups in total. The lowest BCUT2D eigenvalue weighted by molar-refractivity contribution is 0.0683. The minimum Gasteiger partial charge on any atom is -0.507 e. The number of phenols is 1. The minimum atomic E-state index is -1.17. The highest BCUT2D eigenvalue weighted by molar-refractivity contribution is 5.92. The fourth-order valence-corrected chi connectivity index (χ4v) is 3.39. The quantitative estimate of drug-likeness (QED) is 0.592. The average Bonchev–Trinajstić information content (AvgIpc) is 2.62. The summed E-state index contributed by atoms with van der Waals surface area (Å²) < 4.78 is 0. The summed E-state index contributed by atoms with van der Waals surface area (Å²) in [5.74, 6) is -2.39. The molecule has 0 aromatic heterocycles. The number of benzene rings is 3. The summed E-state index contributed by atoms with van der Waals surface area (Å²) in [6.07, 6.45) is 0. The van der Waals surface area contributed by atoms with Gasteiger partial charge in [-0.2, -0.15) is 0 Å². The second-order valence-corrected chi connectivity index (χ2v) is 6.85. The number of carboxylic acid groups (broad SMARTS) is 2. The molecule has 0 amide bonds. The lowest BCUT2D eigenvalue weighted by atomic mass is 9.90. The van der Waals surface area contributed by atoms with Crippen LogP contribution in [-0.2, 0) is 0 Å². The van der Waals surface area contributed by atoms with Crippen molar-refractivity contribution in [3.63, 3.8) is 0 Å². The summed E-state index contributed by atoms with van der Waals surface area (Å²) >= 11 is 0. The van der Waals surface area contributed by atoms with Gasteiger partial charge < -0.3 is 15.3 Å². The van der Waals surface area contributed by atoms with Gasteiger partial charge in [0.1, 0.15) is 11.3 Å². The van der Waals surface area contributed by atoms with Crippen molar-refractivity contribution >= 4 is 11.9 Å². The van der Waals surface area contributed by atoms with Gasteiger partial charge in [0.25, 0.3) is 0 Å². The van der Waals surface area contributed by atoms with Gasteiger partial charge in [0.2, 0.25) is 0 Å². The maximum absolute atomic E-state index is 11.2. The van der Waals surface area contributed by atoms with Crippen molar-refractivity contribution in [1.82, 2.24) is 0 Å². The van der Waals surface area contributed by atoms with E-state index < -0.39 is 11.9 Å². The van der Waals surface area contributed by atoms with Crippen molar-refractivity contribution in [3.05, 3.63) is 76.3 Å². The number of hydrogen-bond acceptors (Lipinski definition) is 3. The Hall–Kier alpha value is -3.60. The Morgan fingerprint density at radius 3 is 1.54 bits per heavy atom. The standard InChI is InChI=1S/C23H20O5/c1-12-8-15(4-6-17(12)22(25)26)19-9-14(3)20(10-13(19)2)16-5-7-18(23(27)28)21(24)11-16/h4-11,24H,1-3H3,(H,25,26)(H,27,28). The summed E-state index contributed by atoms with van der Waals surface area (Å²) in [6, 6.07) is 13.8. The molecule has 0 aliphatic rings. The van der Waals surface area contributed by atoms with Crippen LogP contribution in [0.25, 0.3) is 22.3 Å². The van der Waals surface area contributed by atoms with E-state index in [1.807, 2.05) is 32.0 Å². The molecular weight excluding hydrogens is 356 g/mol. The lowest BCUT2D eigenvalue weighted by Crippen LogP contribution is -2.00. The van der Waals surface area contributed by atoms with Gasteiger partial charge in [0.15, 0.2) is 0 Å². The maximum atomic E-state index is 11.2. The van der Waals surface area contributed by atoms with Crippen molar-refractivity contribution < 1.29 is 24.9 Å². The molecule has 0 heterocycles. The van der Waals surface area contributed by atoms with Crippen LogP contribution in [0.1, 0.15) is 37.4 Å². The zero-order valence-electron chi connectivity index (χ0n) is 15.8. The van der Waals surface area contributed by atoms with Crippen LogP contribution in [0, 0.1) is 20.8 Å². The number of aromatic carboxylic acids is 2. The highest BCUT2D eigenvalue weighted by Gasteiger charge is 2.14. The van der Waals surface area contributed by atoms with E-state index in [4.69, 9.17) is 5.11 Å². The molecular formula is C23H20O5. The van der Waals surface area contributed by atoms with Crippen molar-refractivity contribution in [2.45, 2.75) is 20.8 Å². The summed E-state index contributed by atoms with van der Waals surface area (Å²) in [7, 11) is 0. The summed E-state index contributed by atoms with van der Waals surface area (Å²) in [6.45, 7) is 5.68. The van der Waals surface area contributed by atoms with Gasteiger partial charge in [0, 0.05) is 0 Å². The van der Waals surface area contributed by atoms with Crippen molar-refractivity contribution in [1.29, 1.82) is 0 Å². The Morgan fingerprint density at radius 2 is 1.11 bits per heavy atom. The third kappa shape index (κ3) is 3.47. The number of rotatable bonds is 4. The molecule has 0 aliphatic carbocycles. The molecule has 3 aromatic carbocycles. The Morgan fingerprint density at radius 1 is 0.643 bits per heavy atom. The third-order valence-corrected chi connectivity index (χ3v) is 4.88. The van der Waals surface area contributed by atoms with Gasteiger partial charge in [0.05, 0.1) is 5.56 Å². The van der Waals surface area contributed by atoms with E-state index in [9.17, 15) is 19.8 Å². The third-order valence-electron chi connectivity index (χ3n) is 4.88. The SMILES string of the molecule is Cc1cc(-c2cc(C)c(-c3ccc(C(=O)O)c(O)c3)cc2C)ccc1C(=O)O. The zero-order chi connectivity index (χ0) is 20.6. The van der Waals surface area contributed by atoms with Gasteiger partial charge >= 0.3 is 11.9 Å². The van der Waals surface area contributed by atoms with Crippen LogP contribution < -0.4 is 0 Å². The first-order chi connectivity index (χ1) is 13.2. The normalized spacial score (nSPS) is 10.7. The first kappa shape index (κ1) is 19.2. The fourth-order valence-electron chi connectivity index (χ4n) is 3.39. The molecule has 0 unspecified atom stereocenters. The van der Waals surface area contributed by atoms with E-state index >= 15 is 0 Å². The van der Waals surface area contributed by atoms with Gasteiger partial charge in [-0.3, -0.25) is 0 Å². The van der Waals surface area contributed by atoms with Crippen LogP contribution >= 0.6 is 0 Å². The van der Waals surface area contributed by atoms with E-state index in [0.717, 1.165) is 33.4 Å². The first-order valence-corrected chi connectivity index (χ1v) is 8.71. The molecule has 5 nitrogen and oxygen atoms in total. The lowest BCUT2D eigenvalue weighted by Gasteiger charge is -2.14. The Kier molecular flexibility index (Phi) is 4.92. The molecule has 28 heavy (non-hydrogen) atoms. The van der Waals surface area contributed by atoms with Crippen LogP contribution in [0.4, 0.5) is 0 Å². The van der Waals surface area contributed by atoms with Gasteiger partial charge in [-0.15, -0.1) is 0 Å². The summed E-state index contributed by atoms with van der Waals surface area (Å²) in [5.41, 5.74) is 6.34. The van der Waals surface area contributed by atoms with E-state index in [-0.39, 0.29) is 16.9 Å². The summed E-state index contributed by atoms with van der Waals surface area (Å²) in [5, 5.41) is 28.3. The molecule has 0 fully saturated rings. The Labute approximate surface area is 162 Å². The van der Waals surface area contributed by atoms with Crippen LogP contribution in [0.5, 0.6) is 5.75 Å². The predicted octanol–water partition coefficient (Wildman–Crippen LogP) is 5.05.